The topological polar surface area (TPSA) is 38.7 Å². The summed E-state index contributed by atoms with van der Waals surface area (Å²) in [5.41, 5.74) is 0. The van der Waals surface area contributed by atoms with E-state index in [-0.39, 0.29) is 6.42 Å². The summed E-state index contributed by atoms with van der Waals surface area (Å²) in [6.07, 6.45) is -6.88. The van der Waals surface area contributed by atoms with E-state index in [0.717, 1.165) is 7.11 Å². The summed E-state index contributed by atoms with van der Waals surface area (Å²) in [6, 6.07) is 0. The number of hydrogen-bond acceptors (Lipinski definition) is 3. The van der Waals surface area contributed by atoms with E-state index in [0.29, 0.717) is 19.4 Å². The first-order valence-corrected chi connectivity index (χ1v) is 4.70. The average Bonchev–Trinajstić information content (AvgIpc) is 2.16. The smallest absolute Gasteiger partial charge is 0.385 e. The molecule has 92 valence electrons. The number of alkyl halides is 3. The van der Waals surface area contributed by atoms with Crippen LogP contribution in [0.4, 0.5) is 13.2 Å². The second kappa shape index (κ2) is 7.03. The fraction of sp³-hybridized carbons (Fsp3) is 1.00. The predicted molar refractivity (Wildman–Crippen MR) is 48.6 cm³/mol. The summed E-state index contributed by atoms with van der Waals surface area (Å²) in [6.45, 7) is 0.499. The SMILES string of the molecule is COCCCCC(OC)C(O)C(F)(F)F. The monoisotopic (exact) mass is 230 g/mol. The fourth-order valence-electron chi connectivity index (χ4n) is 1.21. The van der Waals surface area contributed by atoms with Crippen molar-refractivity contribution in [2.24, 2.45) is 0 Å². The first-order valence-electron chi connectivity index (χ1n) is 4.70. The Morgan fingerprint density at radius 2 is 1.80 bits per heavy atom. The van der Waals surface area contributed by atoms with E-state index in [1.807, 2.05) is 0 Å². The maximum absolute atomic E-state index is 12.1. The Kier molecular flexibility index (Phi) is 6.87. The van der Waals surface area contributed by atoms with Crippen LogP contribution in [-0.2, 0) is 9.47 Å². The molecule has 15 heavy (non-hydrogen) atoms. The van der Waals surface area contributed by atoms with Crippen molar-refractivity contribution in [3.8, 4) is 0 Å². The summed E-state index contributed by atoms with van der Waals surface area (Å²) in [5, 5.41) is 8.92. The lowest BCUT2D eigenvalue weighted by Crippen LogP contribution is -2.40. The van der Waals surface area contributed by atoms with Crippen molar-refractivity contribution in [1.29, 1.82) is 0 Å². The highest BCUT2D eigenvalue weighted by atomic mass is 19.4. The van der Waals surface area contributed by atoms with E-state index in [1.54, 1.807) is 0 Å². The predicted octanol–water partition coefficient (Wildman–Crippen LogP) is 1.74. The van der Waals surface area contributed by atoms with Crippen LogP contribution in [0.2, 0.25) is 0 Å². The van der Waals surface area contributed by atoms with Crippen LogP contribution in [0.3, 0.4) is 0 Å². The molecule has 0 aromatic carbocycles. The molecule has 0 aliphatic rings. The summed E-state index contributed by atoms with van der Waals surface area (Å²) in [5.74, 6) is 0. The van der Waals surface area contributed by atoms with Crippen molar-refractivity contribution in [3.63, 3.8) is 0 Å². The highest BCUT2D eigenvalue weighted by Gasteiger charge is 2.43. The third-order valence-electron chi connectivity index (χ3n) is 2.08. The maximum Gasteiger partial charge on any atom is 0.416 e. The van der Waals surface area contributed by atoms with Crippen molar-refractivity contribution in [2.75, 3.05) is 20.8 Å². The first-order chi connectivity index (χ1) is 6.93. The minimum Gasteiger partial charge on any atom is -0.385 e. The van der Waals surface area contributed by atoms with Crippen LogP contribution in [0, 0.1) is 0 Å². The van der Waals surface area contributed by atoms with Crippen LogP contribution in [0.1, 0.15) is 19.3 Å². The Hall–Kier alpha value is -0.330. The number of hydrogen-bond donors (Lipinski definition) is 1. The molecular formula is C9H17F3O3. The molecule has 2 atom stereocenters. The average molecular weight is 230 g/mol. The molecule has 0 fully saturated rings. The molecule has 0 saturated heterocycles. The zero-order chi connectivity index (χ0) is 11.9. The molecule has 0 rings (SSSR count). The Labute approximate surface area is 87.2 Å². The van der Waals surface area contributed by atoms with Gasteiger partial charge < -0.3 is 14.6 Å². The van der Waals surface area contributed by atoms with Gasteiger partial charge in [-0.05, 0) is 19.3 Å². The van der Waals surface area contributed by atoms with E-state index in [1.165, 1.54) is 7.11 Å². The van der Waals surface area contributed by atoms with Crippen LogP contribution in [0.5, 0.6) is 0 Å². The standard InChI is InChI=1S/C9H17F3O3/c1-14-6-4-3-5-7(15-2)8(13)9(10,11)12/h7-8,13H,3-6H2,1-2H3. The van der Waals surface area contributed by atoms with Crippen LogP contribution in [0.25, 0.3) is 0 Å². The highest BCUT2D eigenvalue weighted by molar-refractivity contribution is 4.75. The van der Waals surface area contributed by atoms with Gasteiger partial charge in [0.05, 0.1) is 6.10 Å². The molecule has 0 aromatic rings. The lowest BCUT2D eigenvalue weighted by Gasteiger charge is -2.23. The van der Waals surface area contributed by atoms with Crippen LogP contribution in [-0.4, -0.2) is 44.3 Å². The van der Waals surface area contributed by atoms with Gasteiger partial charge >= 0.3 is 6.18 Å². The quantitative estimate of drug-likeness (QED) is 0.677. The van der Waals surface area contributed by atoms with E-state index in [9.17, 15) is 13.2 Å². The zero-order valence-electron chi connectivity index (χ0n) is 8.88. The van der Waals surface area contributed by atoms with Gasteiger partial charge in [0.15, 0.2) is 6.10 Å². The number of aliphatic hydroxyl groups excluding tert-OH is 1. The molecule has 0 aromatic heterocycles. The summed E-state index contributed by atoms with van der Waals surface area (Å²) in [4.78, 5) is 0. The van der Waals surface area contributed by atoms with Gasteiger partial charge in [-0.1, -0.05) is 0 Å². The Bertz CT molecular complexity index is 161. The number of rotatable bonds is 7. The fourth-order valence-corrected chi connectivity index (χ4v) is 1.21. The van der Waals surface area contributed by atoms with Gasteiger partial charge in [-0.2, -0.15) is 13.2 Å². The van der Waals surface area contributed by atoms with Gasteiger partial charge in [0, 0.05) is 20.8 Å². The largest absolute Gasteiger partial charge is 0.416 e. The van der Waals surface area contributed by atoms with E-state index >= 15 is 0 Å². The molecule has 0 radical (unpaired) electrons. The molecule has 3 nitrogen and oxygen atoms in total. The molecule has 6 heteroatoms. The number of aliphatic hydroxyl groups is 1. The number of methoxy groups -OCH3 is 2. The van der Waals surface area contributed by atoms with Gasteiger partial charge in [-0.15, -0.1) is 0 Å². The molecule has 0 saturated carbocycles. The minimum atomic E-state index is -4.62. The molecule has 0 amide bonds. The molecular weight excluding hydrogens is 213 g/mol. The van der Waals surface area contributed by atoms with Gasteiger partial charge in [-0.25, -0.2) is 0 Å². The van der Waals surface area contributed by atoms with Crippen LogP contribution < -0.4 is 0 Å². The highest BCUT2D eigenvalue weighted by Crippen LogP contribution is 2.25. The molecule has 2 unspecified atom stereocenters. The third kappa shape index (κ3) is 5.96. The van der Waals surface area contributed by atoms with Crippen molar-refractivity contribution in [2.45, 2.75) is 37.6 Å². The summed E-state index contributed by atoms with van der Waals surface area (Å²) < 4.78 is 45.7. The van der Waals surface area contributed by atoms with Crippen molar-refractivity contribution < 1.29 is 27.8 Å². The molecule has 0 aliphatic carbocycles. The number of unbranched alkanes of at least 4 members (excludes halogenated alkanes) is 1. The van der Waals surface area contributed by atoms with Gasteiger partial charge in [-0.3, -0.25) is 0 Å². The van der Waals surface area contributed by atoms with E-state index < -0.39 is 18.4 Å². The Morgan fingerprint density at radius 1 is 1.20 bits per heavy atom. The third-order valence-corrected chi connectivity index (χ3v) is 2.08. The van der Waals surface area contributed by atoms with Crippen molar-refractivity contribution >= 4 is 0 Å². The first kappa shape index (κ1) is 14.7. The van der Waals surface area contributed by atoms with Crippen molar-refractivity contribution in [1.82, 2.24) is 0 Å². The lowest BCUT2D eigenvalue weighted by atomic mass is 10.1. The summed E-state index contributed by atoms with van der Waals surface area (Å²) >= 11 is 0. The molecule has 0 spiro atoms. The summed E-state index contributed by atoms with van der Waals surface area (Å²) in [7, 11) is 2.69. The second-order valence-corrected chi connectivity index (χ2v) is 3.25. The number of halogens is 3. The van der Waals surface area contributed by atoms with E-state index in [4.69, 9.17) is 9.84 Å². The molecule has 0 heterocycles. The minimum absolute atomic E-state index is 0.167. The van der Waals surface area contributed by atoms with Crippen molar-refractivity contribution in [3.05, 3.63) is 0 Å². The lowest BCUT2D eigenvalue weighted by molar-refractivity contribution is -0.234. The molecule has 0 bridgehead atoms. The Morgan fingerprint density at radius 3 is 2.20 bits per heavy atom. The number of ether oxygens (including phenoxy) is 2. The van der Waals surface area contributed by atoms with E-state index in [2.05, 4.69) is 4.74 Å². The normalized spacial score (nSPS) is 16.4. The molecule has 1 N–H and O–H groups in total. The zero-order valence-corrected chi connectivity index (χ0v) is 8.88. The molecule has 0 aliphatic heterocycles. The van der Waals surface area contributed by atoms with Gasteiger partial charge in [0.1, 0.15) is 0 Å². The van der Waals surface area contributed by atoms with Gasteiger partial charge in [0.2, 0.25) is 0 Å². The second-order valence-electron chi connectivity index (χ2n) is 3.25. The van der Waals surface area contributed by atoms with Gasteiger partial charge in [0.25, 0.3) is 0 Å². The van der Waals surface area contributed by atoms with Crippen LogP contribution in [0.15, 0.2) is 0 Å². The Balaban J connectivity index is 3.91. The maximum atomic E-state index is 12.1. The van der Waals surface area contributed by atoms with Crippen LogP contribution >= 0.6 is 0 Å².